The molecule has 19 heavy (non-hydrogen) atoms. The fourth-order valence-electron chi connectivity index (χ4n) is 2.64. The van der Waals surface area contributed by atoms with Crippen LogP contribution in [0.25, 0.3) is 11.7 Å². The molecular formula is C14H19N3O2. The van der Waals surface area contributed by atoms with Crippen LogP contribution >= 0.6 is 0 Å². The van der Waals surface area contributed by atoms with Gasteiger partial charge in [0, 0.05) is 6.54 Å². The third-order valence-corrected chi connectivity index (χ3v) is 3.74. The number of hydrogen-bond acceptors (Lipinski definition) is 5. The van der Waals surface area contributed by atoms with Crippen molar-refractivity contribution in [1.29, 1.82) is 0 Å². The quantitative estimate of drug-likeness (QED) is 0.847. The number of furan rings is 1. The van der Waals surface area contributed by atoms with E-state index in [4.69, 9.17) is 8.83 Å². The average Bonchev–Trinajstić information content (AvgIpc) is 3.09. The first kappa shape index (κ1) is 12.4. The minimum atomic E-state index is 0.462. The molecular weight excluding hydrogens is 242 g/mol. The van der Waals surface area contributed by atoms with E-state index >= 15 is 0 Å². The zero-order valence-electron chi connectivity index (χ0n) is 11.2. The van der Waals surface area contributed by atoms with Gasteiger partial charge in [-0.25, -0.2) is 0 Å². The van der Waals surface area contributed by atoms with Crippen LogP contribution in [0.2, 0.25) is 0 Å². The molecule has 0 spiro atoms. The Morgan fingerprint density at radius 1 is 1.42 bits per heavy atom. The Morgan fingerprint density at radius 2 is 2.37 bits per heavy atom. The lowest BCUT2D eigenvalue weighted by Gasteiger charge is -2.31. The first-order valence-corrected chi connectivity index (χ1v) is 6.93. The largest absolute Gasteiger partial charge is 0.459 e. The molecule has 0 N–H and O–H groups in total. The fraction of sp³-hybridized carbons (Fsp3) is 0.571. The van der Waals surface area contributed by atoms with Crippen LogP contribution in [0.5, 0.6) is 0 Å². The van der Waals surface area contributed by atoms with Gasteiger partial charge in [-0.2, -0.15) is 0 Å². The van der Waals surface area contributed by atoms with Crippen LogP contribution in [0.1, 0.15) is 32.1 Å². The molecule has 1 saturated heterocycles. The van der Waals surface area contributed by atoms with Gasteiger partial charge in [0.1, 0.15) is 0 Å². The van der Waals surface area contributed by atoms with Crippen molar-refractivity contribution in [1.82, 2.24) is 15.1 Å². The molecule has 0 amide bonds. The number of rotatable bonds is 4. The van der Waals surface area contributed by atoms with Gasteiger partial charge >= 0.3 is 0 Å². The van der Waals surface area contributed by atoms with Crippen molar-refractivity contribution in [2.45, 2.75) is 32.7 Å². The van der Waals surface area contributed by atoms with Gasteiger partial charge in [0.15, 0.2) is 5.76 Å². The predicted molar refractivity (Wildman–Crippen MR) is 70.3 cm³/mol. The highest BCUT2D eigenvalue weighted by Crippen LogP contribution is 2.22. The van der Waals surface area contributed by atoms with E-state index in [1.54, 1.807) is 6.26 Å². The van der Waals surface area contributed by atoms with Crippen molar-refractivity contribution in [2.24, 2.45) is 5.92 Å². The Hall–Kier alpha value is -1.62. The molecule has 5 nitrogen and oxygen atoms in total. The van der Waals surface area contributed by atoms with Gasteiger partial charge < -0.3 is 8.83 Å². The third kappa shape index (κ3) is 2.87. The van der Waals surface area contributed by atoms with Crippen molar-refractivity contribution in [2.75, 3.05) is 13.1 Å². The molecule has 0 bridgehead atoms. The van der Waals surface area contributed by atoms with Crippen LogP contribution in [0.4, 0.5) is 0 Å². The summed E-state index contributed by atoms with van der Waals surface area (Å²) in [6, 6.07) is 3.64. The van der Waals surface area contributed by atoms with Crippen molar-refractivity contribution in [3.05, 3.63) is 24.3 Å². The lowest BCUT2D eigenvalue weighted by molar-refractivity contribution is 0.152. The van der Waals surface area contributed by atoms with Gasteiger partial charge in [0.25, 0.3) is 5.89 Å². The summed E-state index contributed by atoms with van der Waals surface area (Å²) in [6.45, 7) is 5.25. The Bertz CT molecular complexity index is 507. The second kappa shape index (κ2) is 5.57. The molecule has 5 heteroatoms. The van der Waals surface area contributed by atoms with E-state index in [1.165, 1.54) is 19.3 Å². The maximum atomic E-state index is 5.64. The lowest BCUT2D eigenvalue weighted by Crippen LogP contribution is -2.34. The summed E-state index contributed by atoms with van der Waals surface area (Å²) < 4.78 is 10.9. The van der Waals surface area contributed by atoms with Crippen LogP contribution in [0.3, 0.4) is 0 Å². The summed E-state index contributed by atoms with van der Waals surface area (Å²) >= 11 is 0. The van der Waals surface area contributed by atoms with Crippen LogP contribution < -0.4 is 0 Å². The Morgan fingerprint density at radius 3 is 3.16 bits per heavy atom. The van der Waals surface area contributed by atoms with E-state index in [9.17, 15) is 0 Å². The van der Waals surface area contributed by atoms with Crippen molar-refractivity contribution in [3.63, 3.8) is 0 Å². The van der Waals surface area contributed by atoms with E-state index in [0.717, 1.165) is 25.6 Å². The predicted octanol–water partition coefficient (Wildman–Crippen LogP) is 2.95. The zero-order valence-corrected chi connectivity index (χ0v) is 11.2. The Labute approximate surface area is 112 Å². The molecule has 0 saturated carbocycles. The topological polar surface area (TPSA) is 55.3 Å². The molecule has 1 atom stereocenters. The van der Waals surface area contributed by atoms with E-state index in [2.05, 4.69) is 22.0 Å². The summed E-state index contributed by atoms with van der Waals surface area (Å²) in [6.07, 6.45) is 5.46. The number of aromatic nitrogens is 2. The highest BCUT2D eigenvalue weighted by atomic mass is 16.4. The lowest BCUT2D eigenvalue weighted by atomic mass is 9.96. The Balaban J connectivity index is 1.64. The van der Waals surface area contributed by atoms with Crippen LogP contribution in [0, 0.1) is 5.92 Å². The minimum Gasteiger partial charge on any atom is -0.459 e. The molecule has 3 heterocycles. The second-order valence-corrected chi connectivity index (χ2v) is 5.13. The maximum absolute atomic E-state index is 5.64. The van der Waals surface area contributed by atoms with Gasteiger partial charge in [0.2, 0.25) is 5.89 Å². The SMILES string of the molecule is CC[C@H]1CCCN(Cc2nnc(-c3ccco3)o2)C1. The number of piperidine rings is 1. The van der Waals surface area contributed by atoms with Crippen molar-refractivity contribution in [3.8, 4) is 11.7 Å². The molecule has 0 aliphatic carbocycles. The molecule has 1 aliphatic rings. The third-order valence-electron chi connectivity index (χ3n) is 3.74. The van der Waals surface area contributed by atoms with E-state index in [-0.39, 0.29) is 0 Å². The molecule has 2 aromatic heterocycles. The maximum Gasteiger partial charge on any atom is 0.283 e. The average molecular weight is 261 g/mol. The van der Waals surface area contributed by atoms with Gasteiger partial charge in [-0.1, -0.05) is 13.3 Å². The van der Waals surface area contributed by atoms with Gasteiger partial charge in [-0.05, 0) is 37.4 Å². The van der Waals surface area contributed by atoms with Gasteiger partial charge in [-0.15, -0.1) is 10.2 Å². The molecule has 1 aliphatic heterocycles. The molecule has 2 aromatic rings. The molecule has 0 unspecified atom stereocenters. The first-order chi connectivity index (χ1) is 9.35. The van der Waals surface area contributed by atoms with Crippen molar-refractivity contribution < 1.29 is 8.83 Å². The molecule has 102 valence electrons. The molecule has 3 rings (SSSR count). The summed E-state index contributed by atoms with van der Waals surface area (Å²) in [5.41, 5.74) is 0. The summed E-state index contributed by atoms with van der Waals surface area (Å²) in [5, 5.41) is 8.13. The monoisotopic (exact) mass is 261 g/mol. The van der Waals surface area contributed by atoms with E-state index < -0.39 is 0 Å². The van der Waals surface area contributed by atoms with Crippen LogP contribution in [-0.4, -0.2) is 28.2 Å². The normalized spacial score (nSPS) is 20.8. The molecule has 0 aromatic carbocycles. The molecule has 0 radical (unpaired) electrons. The second-order valence-electron chi connectivity index (χ2n) is 5.13. The molecule has 1 fully saturated rings. The van der Waals surface area contributed by atoms with E-state index in [0.29, 0.717) is 17.5 Å². The smallest absolute Gasteiger partial charge is 0.283 e. The van der Waals surface area contributed by atoms with Crippen molar-refractivity contribution >= 4 is 0 Å². The van der Waals surface area contributed by atoms with Crippen LogP contribution in [0.15, 0.2) is 27.2 Å². The van der Waals surface area contributed by atoms with Gasteiger partial charge in [0.05, 0.1) is 12.8 Å². The fourth-order valence-corrected chi connectivity index (χ4v) is 2.64. The van der Waals surface area contributed by atoms with Gasteiger partial charge in [-0.3, -0.25) is 4.90 Å². The summed E-state index contributed by atoms with van der Waals surface area (Å²) in [4.78, 5) is 2.40. The zero-order chi connectivity index (χ0) is 13.1. The number of nitrogens with zero attached hydrogens (tertiary/aromatic N) is 3. The summed E-state index contributed by atoms with van der Waals surface area (Å²) in [7, 11) is 0. The standard InChI is InChI=1S/C14H19N3O2/c1-2-11-5-3-7-17(9-11)10-13-15-16-14(19-13)12-6-4-8-18-12/h4,6,8,11H,2-3,5,7,9-10H2,1H3/t11-/m0/s1. The Kier molecular flexibility index (Phi) is 3.64. The van der Waals surface area contributed by atoms with Crippen LogP contribution in [-0.2, 0) is 6.54 Å². The first-order valence-electron chi connectivity index (χ1n) is 6.93. The highest BCUT2D eigenvalue weighted by Gasteiger charge is 2.20. The van der Waals surface area contributed by atoms with E-state index in [1.807, 2.05) is 12.1 Å². The minimum absolute atomic E-state index is 0.462. The summed E-state index contributed by atoms with van der Waals surface area (Å²) in [5.74, 6) is 2.57. The number of likely N-dealkylation sites (tertiary alicyclic amines) is 1. The number of hydrogen-bond donors (Lipinski definition) is 0. The highest BCUT2D eigenvalue weighted by molar-refractivity contribution is 5.42.